The number of aliphatic imine (C=N–C) groups is 1. The maximum atomic E-state index is 3.92. The largest absolute Gasteiger partial charge is 0.268 e. The number of nitrogens with one attached hydrogen (secondary N) is 1. The Labute approximate surface area is 45.8 Å². The summed E-state index contributed by atoms with van der Waals surface area (Å²) in [5, 5.41) is 3.88. The Morgan fingerprint density at radius 1 is 1.62 bits per heavy atom. The number of nitrogens with zero attached hydrogens (tertiary/aromatic N) is 3. The molecule has 40 valence electrons. The van der Waals surface area contributed by atoms with Crippen LogP contribution in [-0.4, -0.2) is 16.2 Å². The monoisotopic (exact) mass is 108 g/mol. The molecular weight excluding hydrogens is 104 g/mol. The zero-order valence-corrected chi connectivity index (χ0v) is 4.07. The van der Waals surface area contributed by atoms with E-state index in [9.17, 15) is 0 Å². The molecule has 2 heterocycles. The highest BCUT2D eigenvalue weighted by Crippen LogP contribution is 2.08. The van der Waals surface area contributed by atoms with Crippen LogP contribution in [0.5, 0.6) is 0 Å². The molecule has 0 saturated heterocycles. The third kappa shape index (κ3) is 0.339. The lowest BCUT2D eigenvalue weighted by atomic mass is 10.6. The fourth-order valence-corrected chi connectivity index (χ4v) is 0.613. The molecule has 0 fully saturated rings. The van der Waals surface area contributed by atoms with Crippen molar-refractivity contribution in [1.82, 2.24) is 9.89 Å². The topological polar surface area (TPSA) is 42.2 Å². The van der Waals surface area contributed by atoms with Crippen LogP contribution in [0.1, 0.15) is 0 Å². The zero-order valence-electron chi connectivity index (χ0n) is 4.07. The lowest BCUT2D eigenvalue weighted by Gasteiger charge is -1.98. The lowest BCUT2D eigenvalue weighted by Crippen LogP contribution is -2.13. The molecule has 0 aromatic carbocycles. The first-order valence-electron chi connectivity index (χ1n) is 2.29. The van der Waals surface area contributed by atoms with Crippen LogP contribution in [0, 0.1) is 0 Å². The molecule has 4 nitrogen and oxygen atoms in total. The average Bonchev–Trinajstić information content (AvgIpc) is 2.12. The Bertz CT molecular complexity index is 224. The Morgan fingerprint density at radius 2 is 2.62 bits per heavy atom. The van der Waals surface area contributed by atoms with Crippen LogP contribution in [0.2, 0.25) is 0 Å². The van der Waals surface area contributed by atoms with Gasteiger partial charge in [-0.05, 0) is 0 Å². The maximum absolute atomic E-state index is 3.92. The minimum absolute atomic E-state index is 0.892. The summed E-state index contributed by atoms with van der Waals surface area (Å²) in [5.74, 6) is 0. The van der Waals surface area contributed by atoms with Crippen molar-refractivity contribution in [3.63, 3.8) is 0 Å². The molecule has 4 heteroatoms. The SMILES string of the molecule is C1=Nc2cnn(c2)N1. The first-order chi connectivity index (χ1) is 3.95. The van der Waals surface area contributed by atoms with Crippen LogP contribution in [0.25, 0.3) is 0 Å². The third-order valence-corrected chi connectivity index (χ3v) is 0.973. The predicted octanol–water partition coefficient (Wildman–Crippen LogP) is 0.1000. The predicted molar refractivity (Wildman–Crippen MR) is 29.7 cm³/mol. The number of hydrogen-bond acceptors (Lipinski definition) is 3. The van der Waals surface area contributed by atoms with Gasteiger partial charge in [0.05, 0.1) is 12.4 Å². The summed E-state index contributed by atoms with van der Waals surface area (Å²) in [7, 11) is 0. The van der Waals surface area contributed by atoms with Gasteiger partial charge in [-0.15, -0.1) is 0 Å². The maximum Gasteiger partial charge on any atom is 0.109 e. The summed E-state index contributed by atoms with van der Waals surface area (Å²) < 4.78 is 0. The second kappa shape index (κ2) is 1.09. The quantitative estimate of drug-likeness (QED) is 0.512. The summed E-state index contributed by atoms with van der Waals surface area (Å²) >= 11 is 0. The first kappa shape index (κ1) is 3.65. The van der Waals surface area contributed by atoms with Crippen molar-refractivity contribution in [2.75, 3.05) is 5.43 Å². The second-order valence-electron chi connectivity index (χ2n) is 1.53. The van der Waals surface area contributed by atoms with Gasteiger partial charge in [0.15, 0.2) is 0 Å². The molecule has 0 spiro atoms. The molecule has 1 aliphatic rings. The Kier molecular flexibility index (Phi) is 0.498. The molecule has 0 unspecified atom stereocenters. The van der Waals surface area contributed by atoms with Crippen molar-refractivity contribution in [3.05, 3.63) is 12.4 Å². The molecule has 8 heavy (non-hydrogen) atoms. The normalized spacial score (nSPS) is 13.5. The molecule has 0 aliphatic carbocycles. The molecule has 1 aliphatic heterocycles. The molecule has 1 N–H and O–H groups in total. The van der Waals surface area contributed by atoms with Gasteiger partial charge in [0, 0.05) is 0 Å². The van der Waals surface area contributed by atoms with Gasteiger partial charge in [-0.25, -0.2) is 4.99 Å². The molecule has 0 radical (unpaired) electrons. The van der Waals surface area contributed by atoms with E-state index in [1.807, 2.05) is 0 Å². The highest BCUT2D eigenvalue weighted by molar-refractivity contribution is 5.69. The van der Waals surface area contributed by atoms with Crippen LogP contribution < -0.4 is 5.43 Å². The molecule has 1 aromatic heterocycles. The Balaban J connectivity index is 2.66. The lowest BCUT2D eigenvalue weighted by molar-refractivity contribution is 0.818. The second-order valence-corrected chi connectivity index (χ2v) is 1.53. The fourth-order valence-electron chi connectivity index (χ4n) is 0.613. The van der Waals surface area contributed by atoms with E-state index >= 15 is 0 Å². The van der Waals surface area contributed by atoms with Gasteiger partial charge in [0.25, 0.3) is 0 Å². The number of fused-ring (bicyclic) bond motifs is 2. The summed E-state index contributed by atoms with van der Waals surface area (Å²) in [5.41, 5.74) is 3.67. The van der Waals surface area contributed by atoms with Crippen molar-refractivity contribution < 1.29 is 0 Å². The number of rotatable bonds is 0. The van der Waals surface area contributed by atoms with E-state index in [1.54, 1.807) is 23.5 Å². The standard InChI is InChI=1S/C4H4N4/c1-4-2-8(6-1)7-3-5-4/h1-3H,(H,5,7). The summed E-state index contributed by atoms with van der Waals surface area (Å²) in [6, 6.07) is 0. The number of hydrogen-bond donors (Lipinski definition) is 1. The van der Waals surface area contributed by atoms with Gasteiger partial charge in [-0.2, -0.15) is 9.89 Å². The Morgan fingerprint density at radius 3 is 3.38 bits per heavy atom. The third-order valence-electron chi connectivity index (χ3n) is 0.973. The molecule has 2 bridgehead atoms. The van der Waals surface area contributed by atoms with E-state index in [2.05, 4.69) is 15.5 Å². The van der Waals surface area contributed by atoms with E-state index in [4.69, 9.17) is 0 Å². The van der Waals surface area contributed by atoms with Gasteiger partial charge in [0.1, 0.15) is 12.0 Å². The molecule has 0 amide bonds. The molecule has 0 atom stereocenters. The van der Waals surface area contributed by atoms with Crippen LogP contribution in [0.3, 0.4) is 0 Å². The van der Waals surface area contributed by atoms with Gasteiger partial charge in [-0.3, -0.25) is 5.43 Å². The van der Waals surface area contributed by atoms with Crippen LogP contribution >= 0.6 is 0 Å². The number of aromatic nitrogens is 2. The molecular formula is C4H4N4. The summed E-state index contributed by atoms with van der Waals surface area (Å²) in [6.07, 6.45) is 5.10. The van der Waals surface area contributed by atoms with Crippen molar-refractivity contribution in [3.8, 4) is 0 Å². The molecule has 1 aromatic rings. The Hall–Kier alpha value is -1.32. The van der Waals surface area contributed by atoms with Gasteiger partial charge < -0.3 is 0 Å². The first-order valence-corrected chi connectivity index (χ1v) is 2.29. The van der Waals surface area contributed by atoms with E-state index in [1.165, 1.54) is 0 Å². The van der Waals surface area contributed by atoms with Crippen LogP contribution in [-0.2, 0) is 0 Å². The molecule has 2 rings (SSSR count). The van der Waals surface area contributed by atoms with E-state index in [-0.39, 0.29) is 0 Å². The van der Waals surface area contributed by atoms with E-state index in [0.717, 1.165) is 5.69 Å². The molecule has 0 saturated carbocycles. The van der Waals surface area contributed by atoms with E-state index < -0.39 is 0 Å². The minimum Gasteiger partial charge on any atom is -0.268 e. The van der Waals surface area contributed by atoms with Crippen molar-refractivity contribution >= 4 is 12.0 Å². The smallest absolute Gasteiger partial charge is 0.109 e. The van der Waals surface area contributed by atoms with E-state index in [0.29, 0.717) is 0 Å². The van der Waals surface area contributed by atoms with Gasteiger partial charge in [0.2, 0.25) is 0 Å². The fraction of sp³-hybridized carbons (Fsp3) is 0. The highest BCUT2D eigenvalue weighted by atomic mass is 15.6. The van der Waals surface area contributed by atoms with Crippen molar-refractivity contribution in [2.24, 2.45) is 4.99 Å². The zero-order chi connectivity index (χ0) is 5.40. The van der Waals surface area contributed by atoms with Gasteiger partial charge in [-0.1, -0.05) is 0 Å². The summed E-state index contributed by atoms with van der Waals surface area (Å²) in [4.78, 5) is 5.52. The van der Waals surface area contributed by atoms with Crippen LogP contribution in [0.4, 0.5) is 5.69 Å². The average molecular weight is 108 g/mol. The minimum atomic E-state index is 0.892. The summed E-state index contributed by atoms with van der Waals surface area (Å²) in [6.45, 7) is 0. The highest BCUT2D eigenvalue weighted by Gasteiger charge is 1.96. The van der Waals surface area contributed by atoms with Crippen LogP contribution in [0.15, 0.2) is 17.4 Å². The van der Waals surface area contributed by atoms with Crippen molar-refractivity contribution in [1.29, 1.82) is 0 Å². The van der Waals surface area contributed by atoms with Gasteiger partial charge >= 0.3 is 0 Å². The van der Waals surface area contributed by atoms with Crippen molar-refractivity contribution in [2.45, 2.75) is 0 Å².